The molecule has 1 aliphatic carbocycles. The first kappa shape index (κ1) is 14.2. The van der Waals surface area contributed by atoms with Gasteiger partial charge in [-0.05, 0) is 31.9 Å². The van der Waals surface area contributed by atoms with E-state index in [0.717, 1.165) is 56.5 Å². The van der Waals surface area contributed by atoms with Crippen LogP contribution in [0.1, 0.15) is 18.7 Å². The van der Waals surface area contributed by atoms with Gasteiger partial charge in [0.25, 0.3) is 0 Å². The maximum Gasteiger partial charge on any atom is 0.225 e. The highest BCUT2D eigenvalue weighted by Gasteiger charge is 2.34. The first-order chi connectivity index (χ1) is 11.2. The van der Waals surface area contributed by atoms with Gasteiger partial charge in [-0.3, -0.25) is 4.79 Å². The maximum atomic E-state index is 12.1. The number of aromatic nitrogens is 3. The lowest BCUT2D eigenvalue weighted by molar-refractivity contribution is -0.132. The van der Waals surface area contributed by atoms with Crippen LogP contribution in [0.25, 0.3) is 5.82 Å². The van der Waals surface area contributed by atoms with E-state index in [1.807, 2.05) is 47.0 Å². The molecule has 6 heteroatoms. The average Bonchev–Trinajstić information content (AvgIpc) is 3.28. The molecule has 2 aliphatic rings. The fourth-order valence-electron chi connectivity index (χ4n) is 3.06. The van der Waals surface area contributed by atoms with Crippen LogP contribution < -0.4 is 4.90 Å². The number of carbonyl (C=O) groups is 1. The summed E-state index contributed by atoms with van der Waals surface area (Å²) in [5.41, 5.74) is 0. The fraction of sp³-hybridized carbons (Fsp3) is 0.471. The third-order valence-electron chi connectivity index (χ3n) is 4.52. The van der Waals surface area contributed by atoms with Gasteiger partial charge in [0.2, 0.25) is 5.91 Å². The largest absolute Gasteiger partial charge is 0.353 e. The molecule has 0 bridgehead atoms. The summed E-state index contributed by atoms with van der Waals surface area (Å²) in [5, 5.41) is 0. The van der Waals surface area contributed by atoms with Gasteiger partial charge in [0.05, 0.1) is 0 Å². The summed E-state index contributed by atoms with van der Waals surface area (Å²) in [4.78, 5) is 25.5. The second-order valence-electron chi connectivity index (χ2n) is 6.31. The van der Waals surface area contributed by atoms with Gasteiger partial charge in [-0.2, -0.15) is 0 Å². The summed E-state index contributed by atoms with van der Waals surface area (Å²) in [6.07, 6.45) is 6.12. The van der Waals surface area contributed by atoms with Gasteiger partial charge in [-0.25, -0.2) is 9.97 Å². The van der Waals surface area contributed by atoms with E-state index in [1.54, 1.807) is 0 Å². The monoisotopic (exact) mass is 311 g/mol. The zero-order valence-electron chi connectivity index (χ0n) is 13.4. The molecule has 2 aromatic rings. The Morgan fingerprint density at radius 3 is 2.35 bits per heavy atom. The van der Waals surface area contributed by atoms with Gasteiger partial charge in [-0.15, -0.1) is 0 Å². The van der Waals surface area contributed by atoms with E-state index in [1.165, 1.54) is 0 Å². The Kier molecular flexibility index (Phi) is 3.52. The topological polar surface area (TPSA) is 54.3 Å². The highest BCUT2D eigenvalue weighted by atomic mass is 16.2. The second kappa shape index (κ2) is 5.68. The summed E-state index contributed by atoms with van der Waals surface area (Å²) in [6, 6.07) is 5.99. The van der Waals surface area contributed by atoms with Crippen LogP contribution in [-0.2, 0) is 4.79 Å². The van der Waals surface area contributed by atoms with E-state index in [0.29, 0.717) is 11.8 Å². The molecule has 0 unspecified atom stereocenters. The molecule has 23 heavy (non-hydrogen) atoms. The van der Waals surface area contributed by atoms with Crippen molar-refractivity contribution in [1.29, 1.82) is 0 Å². The van der Waals surface area contributed by atoms with Crippen molar-refractivity contribution in [3.63, 3.8) is 0 Å². The maximum absolute atomic E-state index is 12.1. The molecular weight excluding hydrogens is 290 g/mol. The Morgan fingerprint density at radius 1 is 1.04 bits per heavy atom. The zero-order chi connectivity index (χ0) is 15.8. The highest BCUT2D eigenvalue weighted by molar-refractivity contribution is 5.81. The molecule has 0 atom stereocenters. The number of aryl methyl sites for hydroxylation is 1. The number of nitrogens with zero attached hydrogens (tertiary/aromatic N) is 5. The van der Waals surface area contributed by atoms with Crippen molar-refractivity contribution < 1.29 is 4.79 Å². The van der Waals surface area contributed by atoms with Gasteiger partial charge in [0.15, 0.2) is 0 Å². The van der Waals surface area contributed by atoms with Crippen molar-refractivity contribution in [3.05, 3.63) is 36.4 Å². The highest BCUT2D eigenvalue weighted by Crippen LogP contribution is 2.31. The van der Waals surface area contributed by atoms with E-state index >= 15 is 0 Å². The molecule has 1 saturated carbocycles. The molecule has 1 saturated heterocycles. The van der Waals surface area contributed by atoms with Crippen molar-refractivity contribution in [2.75, 3.05) is 31.1 Å². The van der Waals surface area contributed by atoms with Crippen molar-refractivity contribution in [2.24, 2.45) is 5.92 Å². The summed E-state index contributed by atoms with van der Waals surface area (Å²) < 4.78 is 1.99. The number of anilines is 1. The van der Waals surface area contributed by atoms with E-state index in [4.69, 9.17) is 0 Å². The van der Waals surface area contributed by atoms with Crippen LogP contribution in [0.4, 0.5) is 5.82 Å². The SMILES string of the molecule is Cc1nc(N2CCN(C(=O)C3CC3)CC2)cc(-n2cccc2)n1. The van der Waals surface area contributed by atoms with Crippen molar-refractivity contribution >= 4 is 11.7 Å². The molecule has 0 aromatic carbocycles. The summed E-state index contributed by atoms with van der Waals surface area (Å²) in [6.45, 7) is 5.16. The Hall–Kier alpha value is -2.37. The Bertz CT molecular complexity index is 700. The Labute approximate surface area is 135 Å². The number of carbonyl (C=O) groups excluding carboxylic acids is 1. The minimum absolute atomic E-state index is 0.309. The summed E-state index contributed by atoms with van der Waals surface area (Å²) in [7, 11) is 0. The predicted octanol–water partition coefficient (Wildman–Crippen LogP) is 1.63. The van der Waals surface area contributed by atoms with Gasteiger partial charge >= 0.3 is 0 Å². The summed E-state index contributed by atoms with van der Waals surface area (Å²) >= 11 is 0. The Morgan fingerprint density at radius 2 is 1.70 bits per heavy atom. The van der Waals surface area contributed by atoms with Crippen LogP contribution >= 0.6 is 0 Å². The van der Waals surface area contributed by atoms with Crippen molar-refractivity contribution in [3.8, 4) is 5.82 Å². The lowest BCUT2D eigenvalue weighted by atomic mass is 10.2. The number of piperazine rings is 1. The fourth-order valence-corrected chi connectivity index (χ4v) is 3.06. The molecule has 0 radical (unpaired) electrons. The van der Waals surface area contributed by atoms with Crippen LogP contribution in [0, 0.1) is 12.8 Å². The molecular formula is C17H21N5O. The quantitative estimate of drug-likeness (QED) is 0.864. The summed E-state index contributed by atoms with van der Waals surface area (Å²) in [5.74, 6) is 3.25. The molecule has 2 fully saturated rings. The third kappa shape index (κ3) is 2.93. The molecule has 0 spiro atoms. The number of hydrogen-bond acceptors (Lipinski definition) is 4. The molecule has 3 heterocycles. The molecule has 0 N–H and O–H groups in total. The van der Waals surface area contributed by atoms with Crippen LogP contribution in [0.2, 0.25) is 0 Å². The lowest BCUT2D eigenvalue weighted by Crippen LogP contribution is -2.49. The molecule has 4 rings (SSSR count). The average molecular weight is 311 g/mol. The van der Waals surface area contributed by atoms with Crippen LogP contribution in [-0.4, -0.2) is 51.5 Å². The normalized spacial score (nSPS) is 18.3. The van der Waals surface area contributed by atoms with E-state index in [2.05, 4.69) is 14.9 Å². The molecule has 1 aliphatic heterocycles. The van der Waals surface area contributed by atoms with Gasteiger partial charge in [0, 0.05) is 50.6 Å². The standard InChI is InChI=1S/C17H21N5O/c1-13-18-15(20-6-2-3-7-20)12-16(19-13)21-8-10-22(11-9-21)17(23)14-4-5-14/h2-3,6-7,12,14H,4-5,8-11H2,1H3. The molecule has 120 valence electrons. The number of hydrogen-bond donors (Lipinski definition) is 0. The molecule has 1 amide bonds. The molecule has 2 aromatic heterocycles. The third-order valence-corrected chi connectivity index (χ3v) is 4.52. The van der Waals surface area contributed by atoms with E-state index in [9.17, 15) is 4.79 Å². The lowest BCUT2D eigenvalue weighted by Gasteiger charge is -2.35. The Balaban J connectivity index is 1.49. The van der Waals surface area contributed by atoms with Crippen LogP contribution in [0.5, 0.6) is 0 Å². The smallest absolute Gasteiger partial charge is 0.225 e. The number of amides is 1. The van der Waals surface area contributed by atoms with Gasteiger partial charge in [-0.1, -0.05) is 0 Å². The van der Waals surface area contributed by atoms with Crippen molar-refractivity contribution in [1.82, 2.24) is 19.4 Å². The number of rotatable bonds is 3. The zero-order valence-corrected chi connectivity index (χ0v) is 13.4. The second-order valence-corrected chi connectivity index (χ2v) is 6.31. The van der Waals surface area contributed by atoms with Gasteiger partial charge in [0.1, 0.15) is 17.5 Å². The van der Waals surface area contributed by atoms with E-state index in [-0.39, 0.29) is 0 Å². The molecule has 6 nitrogen and oxygen atoms in total. The first-order valence-electron chi connectivity index (χ1n) is 8.23. The van der Waals surface area contributed by atoms with E-state index < -0.39 is 0 Å². The van der Waals surface area contributed by atoms with Crippen LogP contribution in [0.3, 0.4) is 0 Å². The predicted molar refractivity (Wildman–Crippen MR) is 87.6 cm³/mol. The minimum Gasteiger partial charge on any atom is -0.353 e. The van der Waals surface area contributed by atoms with Crippen molar-refractivity contribution in [2.45, 2.75) is 19.8 Å². The van der Waals surface area contributed by atoms with Crippen LogP contribution in [0.15, 0.2) is 30.6 Å². The van der Waals surface area contributed by atoms with Gasteiger partial charge < -0.3 is 14.4 Å². The first-order valence-corrected chi connectivity index (χ1v) is 8.23. The minimum atomic E-state index is 0.309.